The van der Waals surface area contributed by atoms with Crippen LogP contribution >= 0.6 is 0 Å². The van der Waals surface area contributed by atoms with Gasteiger partial charge in [0.05, 0.1) is 12.5 Å². The predicted molar refractivity (Wildman–Crippen MR) is 79.9 cm³/mol. The highest BCUT2D eigenvalue weighted by atomic mass is 16.5. The van der Waals surface area contributed by atoms with Crippen LogP contribution in [0.1, 0.15) is 18.3 Å². The van der Waals surface area contributed by atoms with E-state index in [1.54, 1.807) is 7.11 Å². The summed E-state index contributed by atoms with van der Waals surface area (Å²) in [6.45, 7) is 4.03. The summed E-state index contributed by atoms with van der Waals surface area (Å²) in [5.74, 6) is 1.92. The van der Waals surface area contributed by atoms with Gasteiger partial charge in [-0.15, -0.1) is 0 Å². The van der Waals surface area contributed by atoms with Gasteiger partial charge in [0.1, 0.15) is 22.9 Å². The number of anilines is 1. The summed E-state index contributed by atoms with van der Waals surface area (Å²) in [5.41, 5.74) is 8.56. The molecule has 0 unspecified atom stereocenters. The molecule has 20 heavy (non-hydrogen) atoms. The van der Waals surface area contributed by atoms with E-state index in [-0.39, 0.29) is 0 Å². The molecule has 0 aliphatic carbocycles. The number of pyridine rings is 1. The van der Waals surface area contributed by atoms with Gasteiger partial charge in [-0.3, -0.25) is 0 Å². The number of fused-ring (bicyclic) bond motifs is 2. The van der Waals surface area contributed by atoms with E-state index < -0.39 is 0 Å². The van der Waals surface area contributed by atoms with Crippen LogP contribution in [0.15, 0.2) is 18.2 Å². The normalized spacial score (nSPS) is 11.2. The van der Waals surface area contributed by atoms with Crippen molar-refractivity contribution in [2.75, 3.05) is 12.8 Å². The molecule has 2 aromatic heterocycles. The van der Waals surface area contributed by atoms with Crippen molar-refractivity contribution in [3.05, 3.63) is 29.6 Å². The number of rotatable bonds is 2. The Hall–Kier alpha value is -2.43. The molecule has 0 radical (unpaired) electrons. The SMILES string of the molecule is CCc1nc(N)c2cc3c(C)ccc(OC)c3nc2n1. The molecular weight excluding hydrogens is 252 g/mol. The number of methoxy groups -OCH3 is 1. The molecule has 0 aliphatic heterocycles. The minimum atomic E-state index is 0.475. The maximum absolute atomic E-state index is 6.02. The van der Waals surface area contributed by atoms with Crippen LogP contribution < -0.4 is 10.5 Å². The Morgan fingerprint density at radius 2 is 1.95 bits per heavy atom. The maximum Gasteiger partial charge on any atom is 0.165 e. The molecule has 0 bridgehead atoms. The van der Waals surface area contributed by atoms with E-state index >= 15 is 0 Å². The van der Waals surface area contributed by atoms with Crippen molar-refractivity contribution in [2.45, 2.75) is 20.3 Å². The quantitative estimate of drug-likeness (QED) is 0.723. The number of nitrogen functional groups attached to an aromatic ring is 1. The van der Waals surface area contributed by atoms with Crippen LogP contribution in [0.4, 0.5) is 5.82 Å². The van der Waals surface area contributed by atoms with Gasteiger partial charge in [0.2, 0.25) is 0 Å². The van der Waals surface area contributed by atoms with Crippen LogP contribution in [0.25, 0.3) is 21.9 Å². The highest BCUT2D eigenvalue weighted by molar-refractivity contribution is 5.99. The molecule has 2 N–H and O–H groups in total. The summed E-state index contributed by atoms with van der Waals surface area (Å²) in [6.07, 6.45) is 0.727. The Morgan fingerprint density at radius 1 is 1.15 bits per heavy atom. The summed E-state index contributed by atoms with van der Waals surface area (Å²) < 4.78 is 5.38. The van der Waals surface area contributed by atoms with Crippen LogP contribution in [-0.2, 0) is 6.42 Å². The van der Waals surface area contributed by atoms with Crippen molar-refractivity contribution >= 4 is 27.8 Å². The summed E-state index contributed by atoms with van der Waals surface area (Å²) >= 11 is 0. The lowest BCUT2D eigenvalue weighted by atomic mass is 10.1. The van der Waals surface area contributed by atoms with Crippen molar-refractivity contribution in [1.82, 2.24) is 15.0 Å². The van der Waals surface area contributed by atoms with E-state index in [0.717, 1.165) is 34.0 Å². The molecule has 5 nitrogen and oxygen atoms in total. The summed E-state index contributed by atoms with van der Waals surface area (Å²) in [5, 5.41) is 1.79. The smallest absolute Gasteiger partial charge is 0.165 e. The minimum Gasteiger partial charge on any atom is -0.494 e. The Labute approximate surface area is 116 Å². The molecule has 0 atom stereocenters. The van der Waals surface area contributed by atoms with Crippen LogP contribution in [0.2, 0.25) is 0 Å². The van der Waals surface area contributed by atoms with Crippen molar-refractivity contribution < 1.29 is 4.74 Å². The van der Waals surface area contributed by atoms with Crippen molar-refractivity contribution in [3.8, 4) is 5.75 Å². The molecular formula is C15H16N4O. The average molecular weight is 268 g/mol. The van der Waals surface area contributed by atoms with Crippen molar-refractivity contribution in [1.29, 1.82) is 0 Å². The first kappa shape index (κ1) is 12.6. The van der Waals surface area contributed by atoms with Gasteiger partial charge in [-0.1, -0.05) is 13.0 Å². The standard InChI is InChI=1S/C15H16N4O/c1-4-12-17-14(16)10-7-9-8(2)5-6-11(20-3)13(9)19-15(10)18-12/h5-7H,4H2,1-3H3,(H2,16,17,18,19). The molecule has 0 saturated carbocycles. The van der Waals surface area contributed by atoms with Gasteiger partial charge >= 0.3 is 0 Å². The molecule has 0 spiro atoms. The molecule has 3 rings (SSSR count). The Morgan fingerprint density at radius 3 is 2.65 bits per heavy atom. The van der Waals surface area contributed by atoms with Crippen molar-refractivity contribution in [3.63, 3.8) is 0 Å². The fourth-order valence-electron chi connectivity index (χ4n) is 2.30. The third-order valence-electron chi connectivity index (χ3n) is 3.44. The zero-order chi connectivity index (χ0) is 14.3. The zero-order valence-corrected chi connectivity index (χ0v) is 11.8. The minimum absolute atomic E-state index is 0.475. The number of hydrogen-bond donors (Lipinski definition) is 1. The van der Waals surface area contributed by atoms with Crippen LogP contribution in [0.5, 0.6) is 5.75 Å². The highest BCUT2D eigenvalue weighted by Gasteiger charge is 2.11. The molecule has 5 heteroatoms. The summed E-state index contributed by atoms with van der Waals surface area (Å²) in [6, 6.07) is 5.91. The van der Waals surface area contributed by atoms with Gasteiger partial charge in [-0.05, 0) is 24.6 Å². The maximum atomic E-state index is 6.02. The number of benzene rings is 1. The first-order valence-electron chi connectivity index (χ1n) is 6.54. The molecule has 102 valence electrons. The Bertz CT molecular complexity index is 814. The highest BCUT2D eigenvalue weighted by Crippen LogP contribution is 2.30. The lowest BCUT2D eigenvalue weighted by Crippen LogP contribution is -2.02. The van der Waals surface area contributed by atoms with E-state index in [4.69, 9.17) is 10.5 Å². The number of nitrogens with two attached hydrogens (primary N) is 1. The van der Waals surface area contributed by atoms with Gasteiger partial charge in [-0.25, -0.2) is 15.0 Å². The number of aromatic nitrogens is 3. The molecule has 1 aromatic carbocycles. The molecule has 0 saturated heterocycles. The topological polar surface area (TPSA) is 73.9 Å². The lowest BCUT2D eigenvalue weighted by molar-refractivity contribution is 0.419. The summed E-state index contributed by atoms with van der Waals surface area (Å²) in [7, 11) is 1.64. The predicted octanol–water partition coefficient (Wildman–Crippen LogP) is 2.64. The van der Waals surface area contributed by atoms with E-state index in [1.807, 2.05) is 32.0 Å². The third-order valence-corrected chi connectivity index (χ3v) is 3.44. The van der Waals surface area contributed by atoms with E-state index in [2.05, 4.69) is 15.0 Å². The van der Waals surface area contributed by atoms with Crippen LogP contribution in [0.3, 0.4) is 0 Å². The Balaban J connectivity index is 2.46. The van der Waals surface area contributed by atoms with E-state index in [1.165, 1.54) is 0 Å². The van der Waals surface area contributed by atoms with Gasteiger partial charge in [0.15, 0.2) is 5.65 Å². The van der Waals surface area contributed by atoms with E-state index in [0.29, 0.717) is 17.3 Å². The number of ether oxygens (including phenoxy) is 1. The first-order chi connectivity index (χ1) is 9.63. The molecule has 0 amide bonds. The van der Waals surface area contributed by atoms with Crippen LogP contribution in [-0.4, -0.2) is 22.1 Å². The number of hydrogen-bond acceptors (Lipinski definition) is 5. The second-order valence-electron chi connectivity index (χ2n) is 4.72. The lowest BCUT2D eigenvalue weighted by Gasteiger charge is -2.10. The largest absolute Gasteiger partial charge is 0.494 e. The monoisotopic (exact) mass is 268 g/mol. The van der Waals surface area contributed by atoms with Gasteiger partial charge in [-0.2, -0.15) is 0 Å². The first-order valence-corrected chi connectivity index (χ1v) is 6.54. The molecule has 3 aromatic rings. The second kappa shape index (κ2) is 4.59. The summed E-state index contributed by atoms with van der Waals surface area (Å²) in [4.78, 5) is 13.4. The number of nitrogens with zero attached hydrogens (tertiary/aromatic N) is 3. The van der Waals surface area contributed by atoms with E-state index in [9.17, 15) is 0 Å². The second-order valence-corrected chi connectivity index (χ2v) is 4.72. The fraction of sp³-hybridized carbons (Fsp3) is 0.267. The zero-order valence-electron chi connectivity index (χ0n) is 11.8. The van der Waals surface area contributed by atoms with Gasteiger partial charge < -0.3 is 10.5 Å². The Kier molecular flexibility index (Phi) is 2.89. The molecule has 2 heterocycles. The molecule has 0 aliphatic rings. The third kappa shape index (κ3) is 1.82. The van der Waals surface area contributed by atoms with Crippen LogP contribution in [0, 0.1) is 6.92 Å². The van der Waals surface area contributed by atoms with Gasteiger partial charge in [0, 0.05) is 11.8 Å². The van der Waals surface area contributed by atoms with Gasteiger partial charge in [0.25, 0.3) is 0 Å². The fourth-order valence-corrected chi connectivity index (χ4v) is 2.30. The number of aryl methyl sites for hydroxylation is 2. The van der Waals surface area contributed by atoms with Crippen molar-refractivity contribution in [2.24, 2.45) is 0 Å². The average Bonchev–Trinajstić information content (AvgIpc) is 2.46. The molecule has 0 fully saturated rings.